The van der Waals surface area contributed by atoms with Crippen LogP contribution in [-0.4, -0.2) is 0 Å². The van der Waals surface area contributed by atoms with Gasteiger partial charge in [0.25, 0.3) is 0 Å². The third kappa shape index (κ3) is 8.18. The Hall–Kier alpha value is -5.08. The zero-order valence-corrected chi connectivity index (χ0v) is 32.7. The molecule has 0 aliphatic heterocycles. The minimum Gasteiger partial charge on any atom is -0.310 e. The van der Waals surface area contributed by atoms with Gasteiger partial charge in [-0.25, -0.2) is 0 Å². The van der Waals surface area contributed by atoms with Crippen molar-refractivity contribution in [3.8, 4) is 11.1 Å². The normalized spacial score (nSPS) is 11.2. The van der Waals surface area contributed by atoms with Crippen LogP contribution in [0.3, 0.4) is 0 Å². The fourth-order valence-electron chi connectivity index (χ4n) is 7.16. The fourth-order valence-corrected chi connectivity index (χ4v) is 7.16. The Balaban J connectivity index is 1.33. The molecular weight excluding hydrogens is 629 g/mol. The molecule has 266 valence electrons. The van der Waals surface area contributed by atoms with E-state index in [0.29, 0.717) is 0 Å². The minimum atomic E-state index is 1.13. The van der Waals surface area contributed by atoms with Crippen LogP contribution in [0.15, 0.2) is 121 Å². The maximum absolute atomic E-state index is 2.40. The summed E-state index contributed by atoms with van der Waals surface area (Å²) in [7, 11) is 0. The SMILES string of the molecule is CCCCc1ccc(N(c2ccc(-c3ccc(N(c4ccc(C)c(C)c4)c4ccc(CCCC)c(C)c4)cc3)cc2)c2ccc(C)c(C)c2)cc1C. The summed E-state index contributed by atoms with van der Waals surface area (Å²) in [6, 6.07) is 45.7. The molecule has 6 aromatic rings. The molecule has 0 bridgehead atoms. The van der Waals surface area contributed by atoms with Crippen molar-refractivity contribution in [2.24, 2.45) is 0 Å². The molecule has 2 heteroatoms. The number of hydrogen-bond acceptors (Lipinski definition) is 2. The number of unbranched alkanes of at least 4 members (excludes halogenated alkanes) is 2. The second kappa shape index (κ2) is 16.5. The van der Waals surface area contributed by atoms with E-state index >= 15 is 0 Å². The summed E-state index contributed by atoms with van der Waals surface area (Å²) in [6.45, 7) is 17.8. The van der Waals surface area contributed by atoms with Crippen LogP contribution in [-0.2, 0) is 12.8 Å². The van der Waals surface area contributed by atoms with Crippen LogP contribution in [0, 0.1) is 41.5 Å². The summed E-state index contributed by atoms with van der Waals surface area (Å²) >= 11 is 0. The van der Waals surface area contributed by atoms with E-state index in [-0.39, 0.29) is 0 Å². The molecule has 0 atom stereocenters. The van der Waals surface area contributed by atoms with Gasteiger partial charge in [-0.2, -0.15) is 0 Å². The lowest BCUT2D eigenvalue weighted by molar-refractivity contribution is 0.791. The van der Waals surface area contributed by atoms with Gasteiger partial charge in [-0.15, -0.1) is 0 Å². The summed E-state index contributed by atoms with van der Waals surface area (Å²) in [6.07, 6.45) is 7.13. The van der Waals surface area contributed by atoms with Crippen molar-refractivity contribution in [3.05, 3.63) is 166 Å². The highest BCUT2D eigenvalue weighted by molar-refractivity contribution is 5.81. The van der Waals surface area contributed by atoms with Crippen molar-refractivity contribution in [1.82, 2.24) is 0 Å². The van der Waals surface area contributed by atoms with Crippen molar-refractivity contribution < 1.29 is 0 Å². The van der Waals surface area contributed by atoms with Crippen LogP contribution in [0.4, 0.5) is 34.1 Å². The van der Waals surface area contributed by atoms with Gasteiger partial charge < -0.3 is 9.80 Å². The molecule has 0 heterocycles. The molecule has 0 aliphatic carbocycles. The van der Waals surface area contributed by atoms with Gasteiger partial charge in [-0.05, 0) is 196 Å². The Morgan fingerprint density at radius 2 is 0.635 bits per heavy atom. The van der Waals surface area contributed by atoms with Gasteiger partial charge in [0.2, 0.25) is 0 Å². The van der Waals surface area contributed by atoms with E-state index in [9.17, 15) is 0 Å². The summed E-state index contributed by atoms with van der Waals surface area (Å²) in [5, 5.41) is 0. The largest absolute Gasteiger partial charge is 0.310 e. The van der Waals surface area contributed by atoms with Crippen LogP contribution in [0.2, 0.25) is 0 Å². The molecule has 6 aromatic carbocycles. The van der Waals surface area contributed by atoms with Gasteiger partial charge in [-0.3, -0.25) is 0 Å². The topological polar surface area (TPSA) is 6.48 Å². The van der Waals surface area contributed by atoms with E-state index in [1.165, 1.54) is 104 Å². The summed E-state index contributed by atoms with van der Waals surface area (Å²) in [5.74, 6) is 0. The average Bonchev–Trinajstić information content (AvgIpc) is 3.15. The summed E-state index contributed by atoms with van der Waals surface area (Å²) in [5.41, 5.74) is 20.3. The lowest BCUT2D eigenvalue weighted by atomic mass is 10.00. The Kier molecular flexibility index (Phi) is 11.7. The second-order valence-corrected chi connectivity index (χ2v) is 14.7. The number of nitrogens with zero attached hydrogens (tertiary/aromatic N) is 2. The Bertz CT molecular complexity index is 1970. The van der Waals surface area contributed by atoms with Crippen molar-refractivity contribution in [3.63, 3.8) is 0 Å². The molecule has 0 unspecified atom stereocenters. The van der Waals surface area contributed by atoms with Crippen LogP contribution < -0.4 is 9.80 Å². The highest BCUT2D eigenvalue weighted by Crippen LogP contribution is 2.40. The van der Waals surface area contributed by atoms with Crippen LogP contribution in [0.1, 0.15) is 84.0 Å². The highest BCUT2D eigenvalue weighted by Gasteiger charge is 2.17. The smallest absolute Gasteiger partial charge is 0.0464 e. The Labute approximate surface area is 313 Å². The molecule has 0 spiro atoms. The quantitative estimate of drug-likeness (QED) is 0.119. The average molecular weight is 685 g/mol. The van der Waals surface area contributed by atoms with E-state index in [4.69, 9.17) is 0 Å². The number of aryl methyl sites for hydroxylation is 8. The van der Waals surface area contributed by atoms with Gasteiger partial charge in [0.15, 0.2) is 0 Å². The first-order valence-corrected chi connectivity index (χ1v) is 19.3. The molecule has 2 nitrogen and oxygen atoms in total. The number of benzene rings is 6. The van der Waals surface area contributed by atoms with E-state index in [1.807, 2.05) is 0 Å². The van der Waals surface area contributed by atoms with Crippen LogP contribution >= 0.6 is 0 Å². The molecule has 52 heavy (non-hydrogen) atoms. The Morgan fingerprint density at radius 1 is 0.327 bits per heavy atom. The van der Waals surface area contributed by atoms with Crippen LogP contribution in [0.5, 0.6) is 0 Å². The molecule has 0 saturated carbocycles. The van der Waals surface area contributed by atoms with E-state index in [2.05, 4.69) is 187 Å². The lowest BCUT2D eigenvalue weighted by Gasteiger charge is -2.27. The highest BCUT2D eigenvalue weighted by atomic mass is 15.1. The zero-order valence-electron chi connectivity index (χ0n) is 32.7. The third-order valence-electron chi connectivity index (χ3n) is 10.8. The van der Waals surface area contributed by atoms with E-state index in [1.54, 1.807) is 0 Å². The summed E-state index contributed by atoms with van der Waals surface area (Å²) in [4.78, 5) is 4.79. The van der Waals surface area contributed by atoms with E-state index < -0.39 is 0 Å². The molecule has 0 aromatic heterocycles. The molecule has 6 rings (SSSR count). The maximum Gasteiger partial charge on any atom is 0.0464 e. The van der Waals surface area contributed by atoms with Gasteiger partial charge in [0, 0.05) is 34.1 Å². The number of anilines is 6. The third-order valence-corrected chi connectivity index (χ3v) is 10.8. The van der Waals surface area contributed by atoms with Crippen molar-refractivity contribution >= 4 is 34.1 Å². The first-order valence-electron chi connectivity index (χ1n) is 19.3. The van der Waals surface area contributed by atoms with Crippen LogP contribution in [0.25, 0.3) is 11.1 Å². The molecule has 0 N–H and O–H groups in total. The molecule has 0 radical (unpaired) electrons. The molecule has 0 saturated heterocycles. The van der Waals surface area contributed by atoms with Crippen molar-refractivity contribution in [1.29, 1.82) is 0 Å². The first kappa shape index (κ1) is 36.7. The number of rotatable bonds is 13. The van der Waals surface area contributed by atoms with Gasteiger partial charge in [0.05, 0.1) is 0 Å². The van der Waals surface area contributed by atoms with Crippen molar-refractivity contribution in [2.45, 2.75) is 93.9 Å². The lowest BCUT2D eigenvalue weighted by Crippen LogP contribution is -2.11. The van der Waals surface area contributed by atoms with Gasteiger partial charge in [-0.1, -0.05) is 75.2 Å². The fraction of sp³-hybridized carbons (Fsp3) is 0.280. The molecule has 0 fully saturated rings. The minimum absolute atomic E-state index is 1.13. The van der Waals surface area contributed by atoms with E-state index in [0.717, 1.165) is 24.2 Å². The summed E-state index contributed by atoms with van der Waals surface area (Å²) < 4.78 is 0. The maximum atomic E-state index is 2.40. The van der Waals surface area contributed by atoms with Gasteiger partial charge in [0.1, 0.15) is 0 Å². The predicted octanol–water partition coefficient (Wildman–Crippen LogP) is 14.8. The van der Waals surface area contributed by atoms with Gasteiger partial charge >= 0.3 is 0 Å². The monoisotopic (exact) mass is 684 g/mol. The molecule has 0 amide bonds. The predicted molar refractivity (Wildman–Crippen MR) is 227 cm³/mol. The number of hydrogen-bond donors (Lipinski definition) is 0. The molecular formula is C50H56N2. The zero-order chi connectivity index (χ0) is 36.8. The molecule has 0 aliphatic rings. The second-order valence-electron chi connectivity index (χ2n) is 14.7. The standard InChI is InChI=1S/C50H56N2/c1-9-11-13-41-17-29-49(33-39(41)7)51(47-23-15-35(3)37(5)31-47)45-25-19-43(20-26-45)44-21-27-46(28-22-44)52(48-24-16-36(4)38(6)32-48)50-30-18-42(14-12-10-2)40(8)34-50/h15-34H,9-14H2,1-8H3. The Morgan fingerprint density at radius 3 is 0.942 bits per heavy atom. The first-order chi connectivity index (χ1) is 25.2. The van der Waals surface area contributed by atoms with Crippen molar-refractivity contribution in [2.75, 3.05) is 9.80 Å².